The number of aromatic nitrogens is 1. The first-order chi connectivity index (χ1) is 12.1. The number of nitrogens with one attached hydrogen (secondary N) is 1. The smallest absolute Gasteiger partial charge is 0.242 e. The molecule has 132 valence electrons. The molecule has 0 aliphatic carbocycles. The summed E-state index contributed by atoms with van der Waals surface area (Å²) in [6.45, 7) is 0.395. The van der Waals surface area contributed by atoms with Crippen LogP contribution >= 0.6 is 11.3 Å². The second kappa shape index (κ2) is 8.05. The lowest BCUT2D eigenvalue weighted by Gasteiger charge is -2.15. The van der Waals surface area contributed by atoms with Gasteiger partial charge >= 0.3 is 0 Å². The largest absolute Gasteiger partial charge is 0.396 e. The molecular formula is C18H20N2O3S2. The summed E-state index contributed by atoms with van der Waals surface area (Å²) in [6.07, 6.45) is 2.85. The predicted molar refractivity (Wildman–Crippen MR) is 100 cm³/mol. The molecule has 7 heteroatoms. The van der Waals surface area contributed by atoms with E-state index in [4.69, 9.17) is 0 Å². The van der Waals surface area contributed by atoms with Crippen LogP contribution in [0.1, 0.15) is 24.3 Å². The number of para-hydroxylation sites is 1. The van der Waals surface area contributed by atoms with E-state index in [-0.39, 0.29) is 17.4 Å². The Labute approximate surface area is 151 Å². The van der Waals surface area contributed by atoms with Gasteiger partial charge in [-0.3, -0.25) is 4.98 Å². The number of rotatable bonds is 8. The standard InChI is InChI=1S/C18H20N2O3S2/c21-11-7-14(16-8-12-24-13-16)6-10-20-25(22,23)17-5-1-3-15-4-2-9-19-18(15)17/h1-5,8-9,12-14,20-21H,6-7,10-11H2/t14-/m0/s1. The minimum Gasteiger partial charge on any atom is -0.396 e. The Morgan fingerprint density at radius 1 is 1.16 bits per heavy atom. The van der Waals surface area contributed by atoms with Crippen molar-refractivity contribution < 1.29 is 13.5 Å². The molecule has 0 saturated heterocycles. The molecule has 0 amide bonds. The first-order valence-electron chi connectivity index (χ1n) is 8.08. The van der Waals surface area contributed by atoms with Gasteiger partial charge < -0.3 is 5.11 Å². The molecule has 5 nitrogen and oxygen atoms in total. The lowest BCUT2D eigenvalue weighted by molar-refractivity contribution is 0.273. The van der Waals surface area contributed by atoms with Gasteiger partial charge in [-0.2, -0.15) is 11.3 Å². The Morgan fingerprint density at radius 2 is 2.00 bits per heavy atom. The summed E-state index contributed by atoms with van der Waals surface area (Å²) in [4.78, 5) is 4.40. The van der Waals surface area contributed by atoms with Gasteiger partial charge in [-0.15, -0.1) is 0 Å². The maximum atomic E-state index is 12.7. The lowest BCUT2D eigenvalue weighted by atomic mass is 9.95. The number of aliphatic hydroxyl groups excluding tert-OH is 1. The van der Waals surface area contributed by atoms with Crippen molar-refractivity contribution >= 4 is 32.3 Å². The van der Waals surface area contributed by atoms with Crippen molar-refractivity contribution in [3.8, 4) is 0 Å². The fraction of sp³-hybridized carbons (Fsp3) is 0.278. The Kier molecular flexibility index (Phi) is 5.80. The van der Waals surface area contributed by atoms with Crippen LogP contribution < -0.4 is 4.72 Å². The number of nitrogens with zero attached hydrogens (tertiary/aromatic N) is 1. The molecule has 0 radical (unpaired) electrons. The molecule has 0 aliphatic heterocycles. The molecule has 0 spiro atoms. The number of sulfonamides is 1. The van der Waals surface area contributed by atoms with Gasteiger partial charge in [0.1, 0.15) is 4.90 Å². The fourth-order valence-electron chi connectivity index (χ4n) is 2.88. The van der Waals surface area contributed by atoms with Crippen molar-refractivity contribution in [2.45, 2.75) is 23.7 Å². The Hall–Kier alpha value is -1.80. The van der Waals surface area contributed by atoms with E-state index in [1.807, 2.05) is 29.0 Å². The third-order valence-corrected chi connectivity index (χ3v) is 6.36. The van der Waals surface area contributed by atoms with E-state index < -0.39 is 10.0 Å². The number of pyridine rings is 1. The molecular weight excluding hydrogens is 356 g/mol. The van der Waals surface area contributed by atoms with Gasteiger partial charge in [-0.05, 0) is 53.3 Å². The van der Waals surface area contributed by atoms with Gasteiger partial charge in [0.25, 0.3) is 0 Å². The van der Waals surface area contributed by atoms with Crippen molar-refractivity contribution in [2.24, 2.45) is 0 Å². The highest BCUT2D eigenvalue weighted by atomic mass is 32.2. The maximum absolute atomic E-state index is 12.7. The molecule has 2 aromatic heterocycles. The molecule has 3 rings (SSSR count). The van der Waals surface area contributed by atoms with E-state index in [1.165, 1.54) is 0 Å². The number of thiophene rings is 1. The second-order valence-electron chi connectivity index (χ2n) is 5.78. The molecule has 1 atom stereocenters. The molecule has 0 bridgehead atoms. The normalized spacial score (nSPS) is 13.2. The summed E-state index contributed by atoms with van der Waals surface area (Å²) in [6, 6.07) is 10.8. The number of hydrogen-bond donors (Lipinski definition) is 2. The summed E-state index contributed by atoms with van der Waals surface area (Å²) in [5.74, 6) is 0.143. The summed E-state index contributed by atoms with van der Waals surface area (Å²) in [5.41, 5.74) is 1.62. The zero-order chi connectivity index (χ0) is 17.7. The van der Waals surface area contributed by atoms with E-state index >= 15 is 0 Å². The van der Waals surface area contributed by atoms with Gasteiger partial charge in [-0.25, -0.2) is 13.1 Å². The van der Waals surface area contributed by atoms with Gasteiger partial charge in [0.15, 0.2) is 0 Å². The Balaban J connectivity index is 1.73. The van der Waals surface area contributed by atoms with E-state index in [9.17, 15) is 13.5 Å². The molecule has 2 N–H and O–H groups in total. The molecule has 3 aromatic rings. The van der Waals surface area contributed by atoms with Crippen LogP contribution in [0, 0.1) is 0 Å². The van der Waals surface area contributed by atoms with Crippen molar-refractivity contribution in [3.05, 3.63) is 58.9 Å². The summed E-state index contributed by atoms with van der Waals surface area (Å²) < 4.78 is 28.0. The van der Waals surface area contributed by atoms with Crippen molar-refractivity contribution in [1.82, 2.24) is 9.71 Å². The van der Waals surface area contributed by atoms with Gasteiger partial charge in [0.2, 0.25) is 10.0 Å². The quantitative estimate of drug-likeness (QED) is 0.633. The van der Waals surface area contributed by atoms with E-state index in [0.717, 1.165) is 10.9 Å². The molecule has 0 aliphatic rings. The molecule has 0 unspecified atom stereocenters. The fourth-order valence-corrected chi connectivity index (χ4v) is 4.85. The summed E-state index contributed by atoms with van der Waals surface area (Å²) in [7, 11) is -3.64. The summed E-state index contributed by atoms with van der Waals surface area (Å²) in [5, 5.41) is 14.1. The number of fused-ring (bicyclic) bond motifs is 1. The van der Waals surface area contributed by atoms with Crippen LogP contribution in [0.3, 0.4) is 0 Å². The molecule has 1 aromatic carbocycles. The van der Waals surface area contributed by atoms with Crippen LogP contribution in [0.25, 0.3) is 10.9 Å². The van der Waals surface area contributed by atoms with Crippen LogP contribution in [-0.2, 0) is 10.0 Å². The van der Waals surface area contributed by atoms with Gasteiger partial charge in [0.05, 0.1) is 5.52 Å². The molecule has 2 heterocycles. The van der Waals surface area contributed by atoms with Crippen LogP contribution in [0.15, 0.2) is 58.3 Å². The van der Waals surface area contributed by atoms with Crippen molar-refractivity contribution in [3.63, 3.8) is 0 Å². The number of hydrogen-bond acceptors (Lipinski definition) is 5. The first kappa shape index (κ1) is 18.0. The number of benzene rings is 1. The predicted octanol–water partition coefficient (Wildman–Crippen LogP) is 3.13. The van der Waals surface area contributed by atoms with E-state index in [1.54, 1.807) is 35.7 Å². The molecule has 0 saturated carbocycles. The Morgan fingerprint density at radius 3 is 2.76 bits per heavy atom. The minimum atomic E-state index is -3.64. The third-order valence-electron chi connectivity index (χ3n) is 4.16. The van der Waals surface area contributed by atoms with E-state index in [0.29, 0.717) is 24.9 Å². The average Bonchev–Trinajstić information content (AvgIpc) is 3.15. The zero-order valence-corrected chi connectivity index (χ0v) is 15.3. The zero-order valence-electron chi connectivity index (χ0n) is 13.6. The van der Waals surface area contributed by atoms with Gasteiger partial charge in [0, 0.05) is 24.7 Å². The molecule has 25 heavy (non-hydrogen) atoms. The average molecular weight is 377 g/mol. The lowest BCUT2D eigenvalue weighted by Crippen LogP contribution is -2.26. The minimum absolute atomic E-state index is 0.0838. The van der Waals surface area contributed by atoms with Crippen LogP contribution in [0.2, 0.25) is 0 Å². The summed E-state index contributed by atoms with van der Waals surface area (Å²) >= 11 is 1.60. The van der Waals surface area contributed by atoms with Crippen LogP contribution in [0.5, 0.6) is 0 Å². The van der Waals surface area contributed by atoms with Crippen LogP contribution in [-0.4, -0.2) is 31.7 Å². The van der Waals surface area contributed by atoms with Gasteiger partial charge in [-0.1, -0.05) is 18.2 Å². The SMILES string of the molecule is O=S(=O)(NCC[C@@H](CCO)c1ccsc1)c1cccc2cccnc12. The van der Waals surface area contributed by atoms with Crippen molar-refractivity contribution in [1.29, 1.82) is 0 Å². The Bertz CT molecular complexity index is 919. The molecule has 0 fully saturated rings. The topological polar surface area (TPSA) is 79.3 Å². The van der Waals surface area contributed by atoms with Crippen LogP contribution in [0.4, 0.5) is 0 Å². The highest BCUT2D eigenvalue weighted by Gasteiger charge is 2.19. The number of aliphatic hydroxyl groups is 1. The monoisotopic (exact) mass is 376 g/mol. The third kappa shape index (κ3) is 4.24. The second-order valence-corrected chi connectivity index (χ2v) is 8.30. The first-order valence-corrected chi connectivity index (χ1v) is 10.5. The highest BCUT2D eigenvalue weighted by Crippen LogP contribution is 2.25. The highest BCUT2D eigenvalue weighted by molar-refractivity contribution is 7.89. The van der Waals surface area contributed by atoms with Crippen molar-refractivity contribution in [2.75, 3.05) is 13.2 Å². The van der Waals surface area contributed by atoms with E-state index in [2.05, 4.69) is 9.71 Å². The maximum Gasteiger partial charge on any atom is 0.242 e.